The summed E-state index contributed by atoms with van der Waals surface area (Å²) in [4.78, 5) is 0. The molecule has 0 spiro atoms. The highest BCUT2D eigenvalue weighted by Gasteiger charge is 2.13. The van der Waals surface area contributed by atoms with E-state index < -0.39 is 0 Å². The van der Waals surface area contributed by atoms with Crippen molar-refractivity contribution in [3.05, 3.63) is 64.1 Å². The quantitative estimate of drug-likeness (QED) is 0.821. The van der Waals surface area contributed by atoms with Gasteiger partial charge >= 0.3 is 0 Å². The minimum Gasteiger partial charge on any atom is -0.497 e. The lowest BCUT2D eigenvalue weighted by Crippen LogP contribution is -2.19. The fourth-order valence-electron chi connectivity index (χ4n) is 2.11. The van der Waals surface area contributed by atoms with Crippen LogP contribution < -0.4 is 10.1 Å². The average molecular weight is 350 g/mol. The van der Waals surface area contributed by atoms with Gasteiger partial charge in [0.2, 0.25) is 0 Å². The maximum absolute atomic E-state index is 6.09. The zero-order chi connectivity index (χ0) is 15.1. The smallest absolute Gasteiger partial charge is 0.119 e. The summed E-state index contributed by atoms with van der Waals surface area (Å²) in [6.07, 6.45) is -0.0165. The Morgan fingerprint density at radius 1 is 1.14 bits per heavy atom. The van der Waals surface area contributed by atoms with Gasteiger partial charge in [0.15, 0.2) is 0 Å². The van der Waals surface area contributed by atoms with Crippen LogP contribution in [0, 0.1) is 0 Å². The topological polar surface area (TPSA) is 30.5 Å². The fraction of sp³-hybridized carbons (Fsp3) is 0.294. The standard InChI is InChI=1S/C17H20BrNO2/c1-19-11-17(13-7-5-8-15(10-13)20-2)21-12-14-6-3-4-9-16(14)18/h3-10,17,19H,11-12H2,1-2H3. The summed E-state index contributed by atoms with van der Waals surface area (Å²) in [5, 5.41) is 3.18. The molecule has 0 amide bonds. The van der Waals surface area contributed by atoms with Crippen molar-refractivity contribution >= 4 is 15.9 Å². The summed E-state index contributed by atoms with van der Waals surface area (Å²) in [5.74, 6) is 0.845. The molecule has 0 saturated carbocycles. The van der Waals surface area contributed by atoms with Crippen molar-refractivity contribution in [2.75, 3.05) is 20.7 Å². The van der Waals surface area contributed by atoms with Crippen molar-refractivity contribution in [1.29, 1.82) is 0 Å². The highest BCUT2D eigenvalue weighted by molar-refractivity contribution is 9.10. The Kier molecular flexibility index (Phi) is 6.23. The minimum atomic E-state index is -0.0165. The summed E-state index contributed by atoms with van der Waals surface area (Å²) in [6.45, 7) is 1.31. The number of nitrogens with one attached hydrogen (secondary N) is 1. The summed E-state index contributed by atoms with van der Waals surface area (Å²) in [6, 6.07) is 16.1. The Morgan fingerprint density at radius 3 is 2.67 bits per heavy atom. The van der Waals surface area contributed by atoms with Gasteiger partial charge in [0.05, 0.1) is 19.8 Å². The number of halogens is 1. The molecule has 0 radical (unpaired) electrons. The monoisotopic (exact) mass is 349 g/mol. The molecule has 1 atom stereocenters. The molecule has 2 aromatic carbocycles. The minimum absolute atomic E-state index is 0.0165. The van der Waals surface area contributed by atoms with Gasteiger partial charge in [0.25, 0.3) is 0 Å². The Labute approximate surface area is 134 Å². The summed E-state index contributed by atoms with van der Waals surface area (Å²) in [7, 11) is 3.60. The second kappa shape index (κ2) is 8.17. The van der Waals surface area contributed by atoms with Crippen molar-refractivity contribution in [3.8, 4) is 5.75 Å². The van der Waals surface area contributed by atoms with Crippen LogP contribution in [0.2, 0.25) is 0 Å². The summed E-state index contributed by atoms with van der Waals surface area (Å²) >= 11 is 3.55. The van der Waals surface area contributed by atoms with E-state index in [1.54, 1.807) is 7.11 Å². The van der Waals surface area contributed by atoms with E-state index in [-0.39, 0.29) is 6.10 Å². The van der Waals surface area contributed by atoms with Gasteiger partial charge in [0.1, 0.15) is 5.75 Å². The van der Waals surface area contributed by atoms with E-state index in [2.05, 4.69) is 33.4 Å². The van der Waals surface area contributed by atoms with Crippen LogP contribution >= 0.6 is 15.9 Å². The Hall–Kier alpha value is -1.36. The number of rotatable bonds is 7. The third-order valence-corrected chi connectivity index (χ3v) is 4.03. The molecule has 1 unspecified atom stereocenters. The molecule has 112 valence electrons. The molecule has 0 aliphatic rings. The predicted octanol–water partition coefficient (Wildman–Crippen LogP) is 3.94. The van der Waals surface area contributed by atoms with Crippen molar-refractivity contribution in [3.63, 3.8) is 0 Å². The van der Waals surface area contributed by atoms with Crippen LogP contribution in [-0.2, 0) is 11.3 Å². The SMILES string of the molecule is CNCC(OCc1ccccc1Br)c1cccc(OC)c1. The van der Waals surface area contributed by atoms with Gasteiger partial charge in [-0.25, -0.2) is 0 Å². The zero-order valence-electron chi connectivity index (χ0n) is 12.3. The first kappa shape index (κ1) is 16.0. The van der Waals surface area contributed by atoms with Crippen LogP contribution in [0.1, 0.15) is 17.2 Å². The molecule has 2 rings (SSSR count). The van der Waals surface area contributed by atoms with Crippen molar-refractivity contribution in [1.82, 2.24) is 5.32 Å². The number of hydrogen-bond acceptors (Lipinski definition) is 3. The second-order valence-electron chi connectivity index (χ2n) is 4.73. The molecule has 3 nitrogen and oxygen atoms in total. The van der Waals surface area contributed by atoms with E-state index in [4.69, 9.17) is 9.47 Å². The van der Waals surface area contributed by atoms with E-state index in [1.165, 1.54) is 0 Å². The Balaban J connectivity index is 2.10. The molecule has 0 bridgehead atoms. The first-order chi connectivity index (χ1) is 10.2. The first-order valence-electron chi connectivity index (χ1n) is 6.88. The molecule has 0 heterocycles. The van der Waals surface area contributed by atoms with Crippen LogP contribution in [0.15, 0.2) is 53.0 Å². The van der Waals surface area contributed by atoms with Crippen molar-refractivity contribution in [2.45, 2.75) is 12.7 Å². The highest BCUT2D eigenvalue weighted by atomic mass is 79.9. The zero-order valence-corrected chi connectivity index (χ0v) is 13.9. The molecule has 2 aromatic rings. The van der Waals surface area contributed by atoms with Gasteiger partial charge in [-0.05, 0) is 36.4 Å². The second-order valence-corrected chi connectivity index (χ2v) is 5.58. The maximum atomic E-state index is 6.09. The maximum Gasteiger partial charge on any atom is 0.119 e. The molecule has 4 heteroatoms. The van der Waals surface area contributed by atoms with Crippen molar-refractivity contribution in [2.24, 2.45) is 0 Å². The Morgan fingerprint density at radius 2 is 1.95 bits per heavy atom. The van der Waals surface area contributed by atoms with E-state index in [1.807, 2.05) is 43.4 Å². The number of methoxy groups -OCH3 is 1. The molecule has 1 N–H and O–H groups in total. The van der Waals surface area contributed by atoms with Gasteiger partial charge in [-0.1, -0.05) is 46.3 Å². The molecule has 0 aliphatic carbocycles. The van der Waals surface area contributed by atoms with E-state index in [0.29, 0.717) is 6.61 Å². The highest BCUT2D eigenvalue weighted by Crippen LogP contribution is 2.24. The van der Waals surface area contributed by atoms with Crippen molar-refractivity contribution < 1.29 is 9.47 Å². The van der Waals surface area contributed by atoms with E-state index >= 15 is 0 Å². The molecular formula is C17H20BrNO2. The summed E-state index contributed by atoms with van der Waals surface area (Å²) < 4.78 is 12.4. The van der Waals surface area contributed by atoms with Crippen LogP contribution in [0.5, 0.6) is 5.75 Å². The third kappa shape index (κ3) is 4.56. The number of likely N-dealkylation sites (N-methyl/N-ethyl adjacent to an activating group) is 1. The predicted molar refractivity (Wildman–Crippen MR) is 88.6 cm³/mol. The van der Waals surface area contributed by atoms with E-state index in [0.717, 1.165) is 27.9 Å². The van der Waals surface area contributed by atoms with Crippen LogP contribution in [0.25, 0.3) is 0 Å². The first-order valence-corrected chi connectivity index (χ1v) is 7.67. The molecular weight excluding hydrogens is 330 g/mol. The molecule has 0 aliphatic heterocycles. The summed E-state index contributed by atoms with van der Waals surface area (Å²) in [5.41, 5.74) is 2.25. The van der Waals surface area contributed by atoms with Gasteiger partial charge in [-0.15, -0.1) is 0 Å². The fourth-order valence-corrected chi connectivity index (χ4v) is 2.51. The molecule has 0 fully saturated rings. The Bertz CT molecular complexity index is 574. The third-order valence-electron chi connectivity index (χ3n) is 3.25. The number of hydrogen-bond donors (Lipinski definition) is 1. The van der Waals surface area contributed by atoms with Gasteiger partial charge in [-0.3, -0.25) is 0 Å². The molecule has 0 aromatic heterocycles. The van der Waals surface area contributed by atoms with E-state index in [9.17, 15) is 0 Å². The van der Waals surface area contributed by atoms with Crippen LogP contribution in [-0.4, -0.2) is 20.7 Å². The lowest BCUT2D eigenvalue weighted by Gasteiger charge is -2.19. The molecule has 21 heavy (non-hydrogen) atoms. The van der Waals surface area contributed by atoms with Crippen LogP contribution in [0.3, 0.4) is 0 Å². The van der Waals surface area contributed by atoms with Gasteiger partial charge in [0, 0.05) is 11.0 Å². The average Bonchev–Trinajstić information content (AvgIpc) is 2.53. The normalized spacial score (nSPS) is 12.1. The lowest BCUT2D eigenvalue weighted by atomic mass is 10.1. The van der Waals surface area contributed by atoms with Gasteiger partial charge in [-0.2, -0.15) is 0 Å². The lowest BCUT2D eigenvalue weighted by molar-refractivity contribution is 0.0406. The number of ether oxygens (including phenoxy) is 2. The largest absolute Gasteiger partial charge is 0.497 e. The molecule has 0 saturated heterocycles. The number of benzene rings is 2. The van der Waals surface area contributed by atoms with Crippen LogP contribution in [0.4, 0.5) is 0 Å². The van der Waals surface area contributed by atoms with Gasteiger partial charge < -0.3 is 14.8 Å².